The summed E-state index contributed by atoms with van der Waals surface area (Å²) >= 11 is 15.9. The number of carbonyl (C=O) groups excluding carboxylic acids is 2. The third kappa shape index (κ3) is 4.82. The molecule has 1 aromatic carbocycles. The molecule has 0 fully saturated rings. The van der Waals surface area contributed by atoms with E-state index in [9.17, 15) is 9.59 Å². The normalized spacial score (nSPS) is 10.8. The standard InChI is InChI=1S/C22H22BrCl2N5O2/c1-5-9-28(3)21(31)15-11-14(24)10-13(2)19(15)29(4)22(32)17-12-18(23)27-30(17)20-16(25)7-6-8-26-20/h6-8,10-12H,5,9H2,1-4H3. The molecule has 7 nitrogen and oxygen atoms in total. The van der Waals surface area contributed by atoms with Crippen LogP contribution in [0.1, 0.15) is 39.8 Å². The van der Waals surface area contributed by atoms with Crippen molar-refractivity contribution in [1.82, 2.24) is 19.7 Å². The van der Waals surface area contributed by atoms with Gasteiger partial charge >= 0.3 is 0 Å². The fourth-order valence-corrected chi connectivity index (χ4v) is 4.31. The molecule has 3 rings (SSSR count). The molecule has 0 N–H and O–H groups in total. The Labute approximate surface area is 205 Å². The first-order valence-electron chi connectivity index (χ1n) is 9.85. The Bertz CT molecular complexity index is 1180. The lowest BCUT2D eigenvalue weighted by Gasteiger charge is -2.25. The van der Waals surface area contributed by atoms with E-state index in [4.69, 9.17) is 23.2 Å². The molecule has 2 aromatic heterocycles. The highest BCUT2D eigenvalue weighted by Crippen LogP contribution is 2.31. The molecule has 0 aliphatic carbocycles. The number of anilines is 1. The van der Waals surface area contributed by atoms with Crippen LogP contribution in [-0.4, -0.2) is 52.1 Å². The first-order valence-corrected chi connectivity index (χ1v) is 11.4. The van der Waals surface area contributed by atoms with Crippen molar-refractivity contribution in [2.24, 2.45) is 0 Å². The summed E-state index contributed by atoms with van der Waals surface area (Å²) in [6.45, 7) is 4.38. The smallest absolute Gasteiger partial charge is 0.276 e. The van der Waals surface area contributed by atoms with Crippen LogP contribution in [0, 0.1) is 6.92 Å². The maximum atomic E-state index is 13.6. The average molecular weight is 539 g/mol. The zero-order valence-corrected chi connectivity index (χ0v) is 21.2. The van der Waals surface area contributed by atoms with Gasteiger partial charge in [0.1, 0.15) is 10.3 Å². The summed E-state index contributed by atoms with van der Waals surface area (Å²) < 4.78 is 1.82. The van der Waals surface area contributed by atoms with Crippen molar-refractivity contribution in [1.29, 1.82) is 0 Å². The Morgan fingerprint density at radius 1 is 1.16 bits per heavy atom. The molecule has 2 amide bonds. The molecule has 0 bridgehead atoms. The number of amides is 2. The largest absolute Gasteiger partial charge is 0.342 e. The summed E-state index contributed by atoms with van der Waals surface area (Å²) in [6, 6.07) is 8.26. The SMILES string of the molecule is CCCN(C)C(=O)c1cc(Cl)cc(C)c1N(C)C(=O)c1cc(Br)nn1-c1ncccc1Cl. The van der Waals surface area contributed by atoms with Crippen LogP contribution >= 0.6 is 39.1 Å². The van der Waals surface area contributed by atoms with Crippen molar-refractivity contribution in [2.45, 2.75) is 20.3 Å². The summed E-state index contributed by atoms with van der Waals surface area (Å²) in [7, 11) is 3.34. The van der Waals surface area contributed by atoms with Gasteiger partial charge in [-0.05, 0) is 59.1 Å². The molecule has 0 saturated heterocycles. The van der Waals surface area contributed by atoms with Gasteiger partial charge in [0.25, 0.3) is 11.8 Å². The predicted octanol–water partition coefficient (Wildman–Crippen LogP) is 5.40. The van der Waals surface area contributed by atoms with Gasteiger partial charge in [0.05, 0.1) is 16.3 Å². The summed E-state index contributed by atoms with van der Waals surface area (Å²) in [5.74, 6) is -0.277. The van der Waals surface area contributed by atoms with Crippen LogP contribution in [0.4, 0.5) is 5.69 Å². The van der Waals surface area contributed by atoms with Gasteiger partial charge in [-0.1, -0.05) is 30.1 Å². The minimum absolute atomic E-state index is 0.213. The molecular weight excluding hydrogens is 517 g/mol. The lowest BCUT2D eigenvalue weighted by molar-refractivity contribution is 0.0795. The molecule has 2 heterocycles. The van der Waals surface area contributed by atoms with E-state index in [0.29, 0.717) is 43.8 Å². The number of pyridine rings is 1. The summed E-state index contributed by atoms with van der Waals surface area (Å²) in [6.07, 6.45) is 2.38. The van der Waals surface area contributed by atoms with Crippen molar-refractivity contribution in [2.75, 3.05) is 25.5 Å². The Morgan fingerprint density at radius 3 is 2.53 bits per heavy atom. The van der Waals surface area contributed by atoms with Crippen molar-refractivity contribution in [3.05, 3.63) is 68.0 Å². The monoisotopic (exact) mass is 537 g/mol. The van der Waals surface area contributed by atoms with E-state index < -0.39 is 0 Å². The molecule has 0 atom stereocenters. The maximum Gasteiger partial charge on any atom is 0.276 e. The number of rotatable bonds is 6. The molecule has 32 heavy (non-hydrogen) atoms. The van der Waals surface area contributed by atoms with Gasteiger partial charge in [-0.15, -0.1) is 0 Å². The van der Waals surface area contributed by atoms with Gasteiger partial charge in [-0.2, -0.15) is 5.10 Å². The quantitative estimate of drug-likeness (QED) is 0.421. The Hall–Kier alpha value is -2.42. The molecule has 10 heteroatoms. The number of nitrogens with zero attached hydrogens (tertiary/aromatic N) is 5. The third-order valence-corrected chi connectivity index (χ3v) is 5.78. The second-order valence-electron chi connectivity index (χ2n) is 7.28. The van der Waals surface area contributed by atoms with E-state index in [1.54, 1.807) is 55.5 Å². The van der Waals surface area contributed by atoms with E-state index >= 15 is 0 Å². The maximum absolute atomic E-state index is 13.6. The van der Waals surface area contributed by atoms with Crippen LogP contribution in [0.2, 0.25) is 10.0 Å². The Morgan fingerprint density at radius 2 is 1.88 bits per heavy atom. The molecule has 168 valence electrons. The summed E-state index contributed by atoms with van der Waals surface area (Å²) in [5, 5.41) is 5.10. The first kappa shape index (κ1) is 24.2. The molecule has 0 saturated carbocycles. The first-order chi connectivity index (χ1) is 15.1. The lowest BCUT2D eigenvalue weighted by Crippen LogP contribution is -2.33. The van der Waals surface area contributed by atoms with E-state index in [2.05, 4.69) is 26.0 Å². The minimum Gasteiger partial charge on any atom is -0.342 e. The average Bonchev–Trinajstić information content (AvgIpc) is 3.13. The molecule has 0 aliphatic heterocycles. The topological polar surface area (TPSA) is 71.3 Å². The summed E-state index contributed by atoms with van der Waals surface area (Å²) in [4.78, 5) is 34.0. The van der Waals surface area contributed by atoms with Gasteiger partial charge in [0, 0.05) is 37.9 Å². The Balaban J connectivity index is 2.10. The second kappa shape index (κ2) is 10.0. The highest BCUT2D eigenvalue weighted by molar-refractivity contribution is 9.10. The number of hydrogen-bond donors (Lipinski definition) is 0. The number of aryl methyl sites for hydroxylation is 1. The van der Waals surface area contributed by atoms with E-state index in [1.807, 2.05) is 13.8 Å². The minimum atomic E-state index is -0.387. The Kier molecular flexibility index (Phi) is 7.59. The second-order valence-corrected chi connectivity index (χ2v) is 8.94. The summed E-state index contributed by atoms with van der Waals surface area (Å²) in [5.41, 5.74) is 1.75. The fourth-order valence-electron chi connectivity index (χ4n) is 3.46. The van der Waals surface area contributed by atoms with Crippen molar-refractivity contribution < 1.29 is 9.59 Å². The molecule has 0 unspecified atom stereocenters. The molecule has 0 aliphatic rings. The fraction of sp³-hybridized carbons (Fsp3) is 0.273. The van der Waals surface area contributed by atoms with Crippen LogP contribution < -0.4 is 4.90 Å². The van der Waals surface area contributed by atoms with Gasteiger partial charge in [-0.3, -0.25) is 9.59 Å². The number of hydrogen-bond acceptors (Lipinski definition) is 4. The van der Waals surface area contributed by atoms with E-state index in [0.717, 1.165) is 6.42 Å². The van der Waals surface area contributed by atoms with Gasteiger partial charge in [0.2, 0.25) is 0 Å². The van der Waals surface area contributed by atoms with Crippen LogP contribution in [0.25, 0.3) is 5.82 Å². The van der Waals surface area contributed by atoms with Crippen LogP contribution in [-0.2, 0) is 0 Å². The highest BCUT2D eigenvalue weighted by atomic mass is 79.9. The van der Waals surface area contributed by atoms with Crippen LogP contribution in [0.5, 0.6) is 0 Å². The predicted molar refractivity (Wildman–Crippen MR) is 130 cm³/mol. The van der Waals surface area contributed by atoms with Crippen LogP contribution in [0.3, 0.4) is 0 Å². The molecule has 0 spiro atoms. The number of aromatic nitrogens is 3. The molecule has 3 aromatic rings. The highest BCUT2D eigenvalue weighted by Gasteiger charge is 2.27. The van der Waals surface area contributed by atoms with Gasteiger partial charge in [-0.25, -0.2) is 9.67 Å². The van der Waals surface area contributed by atoms with Crippen LogP contribution in [0.15, 0.2) is 41.1 Å². The lowest BCUT2D eigenvalue weighted by atomic mass is 10.0. The number of benzene rings is 1. The third-order valence-electron chi connectivity index (χ3n) is 4.88. The number of carbonyl (C=O) groups is 2. The molecule has 0 radical (unpaired) electrons. The number of halogens is 3. The van der Waals surface area contributed by atoms with Crippen molar-refractivity contribution >= 4 is 56.6 Å². The van der Waals surface area contributed by atoms with Crippen molar-refractivity contribution in [3.63, 3.8) is 0 Å². The zero-order valence-electron chi connectivity index (χ0n) is 18.1. The van der Waals surface area contributed by atoms with E-state index in [1.165, 1.54) is 9.58 Å². The van der Waals surface area contributed by atoms with Crippen molar-refractivity contribution in [3.8, 4) is 5.82 Å². The van der Waals surface area contributed by atoms with Gasteiger partial charge < -0.3 is 9.80 Å². The molecular formula is C22H22BrCl2N5O2. The zero-order chi connectivity index (χ0) is 23.6. The van der Waals surface area contributed by atoms with Gasteiger partial charge in [0.15, 0.2) is 5.82 Å². The van der Waals surface area contributed by atoms with E-state index in [-0.39, 0.29) is 17.5 Å².